The fraction of sp³-hybridized carbons (Fsp3) is 0.423. The van der Waals surface area contributed by atoms with Gasteiger partial charge in [0.05, 0.1) is 12.0 Å². The van der Waals surface area contributed by atoms with Gasteiger partial charge in [0.25, 0.3) is 5.91 Å². The van der Waals surface area contributed by atoms with Gasteiger partial charge in [0, 0.05) is 30.3 Å². The number of hydrogen-bond donors (Lipinski definition) is 3. The number of aromatic hydroxyl groups is 1. The number of nitrogens with two attached hydrogens (primary N) is 2. The lowest BCUT2D eigenvalue weighted by molar-refractivity contribution is -0.124. The van der Waals surface area contributed by atoms with E-state index >= 15 is 0 Å². The van der Waals surface area contributed by atoms with E-state index in [0.29, 0.717) is 57.4 Å². The third-order valence-electron chi connectivity index (χ3n) is 7.27. The van der Waals surface area contributed by atoms with Crippen LogP contribution in [-0.2, 0) is 11.2 Å². The van der Waals surface area contributed by atoms with Crippen LogP contribution in [0.2, 0.25) is 0 Å². The lowest BCUT2D eigenvalue weighted by Gasteiger charge is -2.30. The Kier molecular flexibility index (Phi) is 6.98. The number of thioether (sulfide) groups is 1. The van der Waals surface area contributed by atoms with Crippen LogP contribution < -0.4 is 16.2 Å². The van der Waals surface area contributed by atoms with Crippen molar-refractivity contribution in [1.29, 1.82) is 0 Å². The molecule has 10 heteroatoms. The molecule has 2 saturated carbocycles. The highest BCUT2D eigenvalue weighted by molar-refractivity contribution is 8.26. The van der Waals surface area contributed by atoms with Crippen molar-refractivity contribution in [2.45, 2.75) is 44.6 Å². The number of thiocarbonyl (C=S) groups is 1. The summed E-state index contributed by atoms with van der Waals surface area (Å²) in [6.07, 6.45) is 7.85. The first-order chi connectivity index (χ1) is 17.3. The number of benzene rings is 1. The SMILES string of the molecule is COc1cc(O)cc(-c2cc(CCCN=C(N)N)c(/C=C3\SC(=S)N(C4CC5CCC4C5)C3=O)o2)c1. The van der Waals surface area contributed by atoms with E-state index < -0.39 is 0 Å². The Morgan fingerprint density at radius 1 is 1.31 bits per heavy atom. The van der Waals surface area contributed by atoms with Crippen LogP contribution in [0.1, 0.15) is 43.4 Å². The van der Waals surface area contributed by atoms with Crippen LogP contribution >= 0.6 is 24.0 Å². The van der Waals surface area contributed by atoms with Crippen LogP contribution in [0.25, 0.3) is 17.4 Å². The highest BCUT2D eigenvalue weighted by Crippen LogP contribution is 2.49. The fourth-order valence-electron chi connectivity index (χ4n) is 5.64. The number of methoxy groups -OCH3 is 1. The third kappa shape index (κ3) is 4.97. The summed E-state index contributed by atoms with van der Waals surface area (Å²) in [5, 5.41) is 10.1. The molecule has 5 rings (SSSR count). The molecule has 36 heavy (non-hydrogen) atoms. The van der Waals surface area contributed by atoms with E-state index in [4.69, 9.17) is 32.8 Å². The smallest absolute Gasteiger partial charge is 0.266 e. The standard InChI is InChI=1S/C26H30N4O4S2/c1-33-19-10-17(9-18(31)12-19)21-11-16(3-2-6-29-25(27)28)22(34-21)13-23-24(32)30(26(35)36-23)20-8-14-4-5-15(20)7-14/h9-15,20,31H,2-8H2,1H3,(H4,27,28,29)/b23-13-. The van der Waals surface area contributed by atoms with Crippen molar-refractivity contribution in [1.82, 2.24) is 4.90 Å². The monoisotopic (exact) mass is 526 g/mol. The van der Waals surface area contributed by atoms with E-state index in [1.807, 2.05) is 11.0 Å². The van der Waals surface area contributed by atoms with Gasteiger partial charge in [-0.3, -0.25) is 14.7 Å². The van der Waals surface area contributed by atoms with E-state index in [1.165, 1.54) is 37.1 Å². The van der Waals surface area contributed by atoms with Crippen molar-refractivity contribution in [3.63, 3.8) is 0 Å². The summed E-state index contributed by atoms with van der Waals surface area (Å²) >= 11 is 6.99. The summed E-state index contributed by atoms with van der Waals surface area (Å²) in [6.45, 7) is 0.481. The molecule has 3 fully saturated rings. The molecule has 3 unspecified atom stereocenters. The Balaban J connectivity index is 1.44. The number of phenolic OH excluding ortho intramolecular Hbond substituents is 1. The summed E-state index contributed by atoms with van der Waals surface area (Å²) in [4.78, 5) is 19.9. The van der Waals surface area contributed by atoms with Crippen molar-refractivity contribution in [2.75, 3.05) is 13.7 Å². The summed E-state index contributed by atoms with van der Waals surface area (Å²) in [6, 6.07) is 7.08. The number of fused-ring (bicyclic) bond motifs is 2. The predicted octanol–water partition coefficient (Wildman–Crippen LogP) is 4.26. The quantitative estimate of drug-likeness (QED) is 0.153. The van der Waals surface area contributed by atoms with Crippen molar-refractivity contribution >= 4 is 46.2 Å². The third-order valence-corrected chi connectivity index (χ3v) is 8.60. The minimum atomic E-state index is -0.0361. The maximum absolute atomic E-state index is 13.4. The number of rotatable bonds is 8. The zero-order valence-electron chi connectivity index (χ0n) is 20.1. The second-order valence-corrected chi connectivity index (χ2v) is 11.3. The summed E-state index contributed by atoms with van der Waals surface area (Å²) < 4.78 is 12.2. The lowest BCUT2D eigenvalue weighted by atomic mass is 9.94. The molecule has 2 heterocycles. The molecule has 0 radical (unpaired) electrons. The van der Waals surface area contributed by atoms with Gasteiger partial charge in [-0.2, -0.15) is 0 Å². The number of guanidine groups is 1. The van der Waals surface area contributed by atoms with Crippen molar-refractivity contribution < 1.29 is 19.1 Å². The predicted molar refractivity (Wildman–Crippen MR) is 146 cm³/mol. The number of carbonyl (C=O) groups excluding carboxylic acids is 1. The first-order valence-corrected chi connectivity index (χ1v) is 13.4. The first-order valence-electron chi connectivity index (χ1n) is 12.2. The molecule has 1 saturated heterocycles. The van der Waals surface area contributed by atoms with Gasteiger partial charge < -0.3 is 25.7 Å². The largest absolute Gasteiger partial charge is 0.508 e. The number of carbonyl (C=O) groups is 1. The molecule has 3 aliphatic rings. The van der Waals surface area contributed by atoms with Gasteiger partial charge >= 0.3 is 0 Å². The molecule has 190 valence electrons. The number of aryl methyl sites for hydroxylation is 1. The highest BCUT2D eigenvalue weighted by atomic mass is 32.2. The molecule has 2 aliphatic carbocycles. The van der Waals surface area contributed by atoms with E-state index in [-0.39, 0.29) is 23.7 Å². The Hall–Kier alpha value is -2.98. The van der Waals surface area contributed by atoms with Crippen molar-refractivity contribution in [3.05, 3.63) is 40.5 Å². The molecular weight excluding hydrogens is 496 g/mol. The number of ether oxygens (including phenoxy) is 1. The lowest BCUT2D eigenvalue weighted by Crippen LogP contribution is -2.41. The maximum Gasteiger partial charge on any atom is 0.266 e. The van der Waals surface area contributed by atoms with Crippen LogP contribution in [0.3, 0.4) is 0 Å². The molecule has 1 amide bonds. The van der Waals surface area contributed by atoms with Gasteiger partial charge in [0.15, 0.2) is 5.96 Å². The molecule has 1 aromatic carbocycles. The van der Waals surface area contributed by atoms with Crippen LogP contribution in [-0.4, -0.2) is 45.9 Å². The number of nitrogens with zero attached hydrogens (tertiary/aromatic N) is 2. The van der Waals surface area contributed by atoms with Crippen LogP contribution in [0.15, 0.2) is 38.6 Å². The molecule has 2 bridgehead atoms. The van der Waals surface area contributed by atoms with E-state index in [0.717, 1.165) is 17.9 Å². The van der Waals surface area contributed by atoms with E-state index in [2.05, 4.69) is 4.99 Å². The minimum Gasteiger partial charge on any atom is -0.508 e. The molecule has 1 aliphatic heterocycles. The van der Waals surface area contributed by atoms with Crippen LogP contribution in [0.4, 0.5) is 0 Å². The fourth-order valence-corrected chi connectivity index (χ4v) is 6.98. The highest BCUT2D eigenvalue weighted by Gasteiger charge is 2.48. The summed E-state index contributed by atoms with van der Waals surface area (Å²) in [5.74, 6) is 3.04. The topological polar surface area (TPSA) is 127 Å². The molecule has 5 N–H and O–H groups in total. The Labute approximate surface area is 219 Å². The van der Waals surface area contributed by atoms with E-state index in [9.17, 15) is 9.90 Å². The van der Waals surface area contributed by atoms with E-state index in [1.54, 1.807) is 25.3 Å². The molecular formula is C26H30N4O4S2. The summed E-state index contributed by atoms with van der Waals surface area (Å²) in [5.41, 5.74) is 12.5. The average Bonchev–Trinajstić information content (AvgIpc) is 3.61. The Bertz CT molecular complexity index is 1250. The Morgan fingerprint density at radius 3 is 2.83 bits per heavy atom. The minimum absolute atomic E-state index is 0.0361. The van der Waals surface area contributed by atoms with Crippen LogP contribution in [0, 0.1) is 11.8 Å². The van der Waals surface area contributed by atoms with Gasteiger partial charge in [-0.1, -0.05) is 30.4 Å². The first kappa shape index (κ1) is 24.7. The van der Waals surface area contributed by atoms with Gasteiger partial charge in [0.2, 0.25) is 0 Å². The molecule has 1 aromatic heterocycles. The maximum atomic E-state index is 13.4. The normalized spacial score (nSPS) is 24.2. The zero-order chi connectivity index (χ0) is 25.4. The zero-order valence-corrected chi connectivity index (χ0v) is 21.7. The number of amides is 1. The number of furan rings is 1. The van der Waals surface area contributed by atoms with Gasteiger partial charge in [0.1, 0.15) is 27.3 Å². The number of phenols is 1. The van der Waals surface area contributed by atoms with Crippen molar-refractivity contribution in [3.8, 4) is 22.8 Å². The van der Waals surface area contributed by atoms with Gasteiger partial charge in [-0.05, 0) is 67.7 Å². The molecule has 8 nitrogen and oxygen atoms in total. The number of aliphatic imine (C=N–C) groups is 1. The Morgan fingerprint density at radius 2 is 2.14 bits per heavy atom. The molecule has 2 aromatic rings. The average molecular weight is 527 g/mol. The molecule has 3 atom stereocenters. The number of hydrogen-bond acceptors (Lipinski definition) is 7. The van der Waals surface area contributed by atoms with Crippen molar-refractivity contribution in [2.24, 2.45) is 28.3 Å². The van der Waals surface area contributed by atoms with Gasteiger partial charge in [-0.25, -0.2) is 0 Å². The molecule has 0 spiro atoms. The van der Waals surface area contributed by atoms with Gasteiger partial charge in [-0.15, -0.1) is 0 Å². The summed E-state index contributed by atoms with van der Waals surface area (Å²) in [7, 11) is 1.54. The van der Waals surface area contributed by atoms with Crippen LogP contribution in [0.5, 0.6) is 11.5 Å². The second kappa shape index (κ2) is 10.2. The second-order valence-electron chi connectivity index (χ2n) is 9.62.